The number of alkyl carbamates (subject to hydrolysis) is 1. The van der Waals surface area contributed by atoms with Crippen LogP contribution in [0, 0.1) is 18.8 Å². The number of ether oxygens (including phenoxy) is 1. The van der Waals surface area contributed by atoms with E-state index >= 15 is 0 Å². The second-order valence-corrected chi connectivity index (χ2v) is 10.2. The number of halogens is 1. The first-order chi connectivity index (χ1) is 18.1. The molecule has 1 aliphatic heterocycles. The number of aromatic nitrogens is 3. The third kappa shape index (κ3) is 4.62. The summed E-state index contributed by atoms with van der Waals surface area (Å²) in [4.78, 5) is 47.9. The van der Waals surface area contributed by atoms with Crippen molar-refractivity contribution in [1.29, 1.82) is 0 Å². The zero-order valence-corrected chi connectivity index (χ0v) is 22.2. The monoisotopic (exact) mass is 540 g/mol. The minimum absolute atomic E-state index is 0.0821. The molecule has 3 aromatic rings. The first-order valence-electron chi connectivity index (χ1n) is 12.5. The number of anilines is 2. The van der Waals surface area contributed by atoms with Gasteiger partial charge in [0.25, 0.3) is 5.56 Å². The highest BCUT2D eigenvalue weighted by atomic mass is 35.5. The second-order valence-electron chi connectivity index (χ2n) is 9.86. The van der Waals surface area contributed by atoms with Gasteiger partial charge in [0.05, 0.1) is 22.6 Å². The average molecular weight is 541 g/mol. The largest absolute Gasteiger partial charge is 0.476 e. The fourth-order valence-electron chi connectivity index (χ4n) is 5.30. The van der Waals surface area contributed by atoms with Gasteiger partial charge in [-0.15, -0.1) is 0 Å². The number of hydrogen-bond donors (Lipinski definition) is 3. The van der Waals surface area contributed by atoms with E-state index in [1.165, 1.54) is 6.07 Å². The minimum Gasteiger partial charge on any atom is -0.476 e. The number of rotatable bonds is 7. The molecule has 0 radical (unpaired) electrons. The molecule has 2 aromatic heterocycles. The highest BCUT2D eigenvalue weighted by Crippen LogP contribution is 2.48. The lowest BCUT2D eigenvalue weighted by Gasteiger charge is -2.25. The molecule has 2 fully saturated rings. The molecule has 3 N–H and O–H groups in total. The second kappa shape index (κ2) is 9.79. The molecule has 0 bridgehead atoms. The molecule has 1 aromatic carbocycles. The lowest BCUT2D eigenvalue weighted by molar-refractivity contribution is 0.0691. The number of nitrogens with one attached hydrogen (secondary N) is 2. The number of carboxylic acid groups (broad SMARTS) is 1. The molecule has 200 valence electrons. The quantitative estimate of drug-likeness (QED) is 0.385. The summed E-state index contributed by atoms with van der Waals surface area (Å²) in [7, 11) is 1.71. The molecule has 5 rings (SSSR count). The average Bonchev–Trinajstić information content (AvgIpc) is 3.29. The Balaban J connectivity index is 1.46. The number of aryl methyl sites for hydroxylation is 1. The van der Waals surface area contributed by atoms with E-state index in [0.29, 0.717) is 42.2 Å². The molecule has 3 heterocycles. The maximum Gasteiger partial charge on any atom is 0.407 e. The number of amides is 1. The van der Waals surface area contributed by atoms with Gasteiger partial charge in [-0.3, -0.25) is 9.36 Å². The van der Waals surface area contributed by atoms with Crippen molar-refractivity contribution >= 4 is 46.2 Å². The van der Waals surface area contributed by atoms with E-state index in [2.05, 4.69) is 20.5 Å². The van der Waals surface area contributed by atoms with E-state index in [1.54, 1.807) is 17.7 Å². The molecular formula is C26H29ClN6O5. The van der Waals surface area contributed by atoms with E-state index in [-0.39, 0.29) is 34.3 Å². The van der Waals surface area contributed by atoms with Gasteiger partial charge in [-0.25, -0.2) is 19.6 Å². The van der Waals surface area contributed by atoms with Gasteiger partial charge >= 0.3 is 12.1 Å². The van der Waals surface area contributed by atoms with Crippen LogP contribution >= 0.6 is 11.6 Å². The van der Waals surface area contributed by atoms with Gasteiger partial charge < -0.3 is 25.4 Å². The molecule has 1 aliphatic carbocycles. The van der Waals surface area contributed by atoms with Crippen molar-refractivity contribution in [2.75, 3.05) is 29.9 Å². The third-order valence-electron chi connectivity index (χ3n) is 7.20. The summed E-state index contributed by atoms with van der Waals surface area (Å²) < 4.78 is 7.06. The Kier molecular flexibility index (Phi) is 6.64. The summed E-state index contributed by atoms with van der Waals surface area (Å²) in [6.07, 6.45) is -0.521. The fourth-order valence-corrected chi connectivity index (χ4v) is 5.45. The Labute approximate surface area is 223 Å². The zero-order chi connectivity index (χ0) is 27.3. The molecule has 1 amide bonds. The smallest absolute Gasteiger partial charge is 0.407 e. The molecule has 12 heteroatoms. The molecule has 3 unspecified atom stereocenters. The summed E-state index contributed by atoms with van der Waals surface area (Å²) in [5.74, 6) is -0.249. The highest BCUT2D eigenvalue weighted by Gasteiger charge is 2.59. The number of fused-ring (bicyclic) bond motifs is 2. The van der Waals surface area contributed by atoms with Crippen molar-refractivity contribution in [3.8, 4) is 0 Å². The van der Waals surface area contributed by atoms with Gasteiger partial charge in [0.15, 0.2) is 5.69 Å². The van der Waals surface area contributed by atoms with Crippen LogP contribution in [-0.4, -0.2) is 57.4 Å². The number of carboxylic acids is 1. The van der Waals surface area contributed by atoms with E-state index in [4.69, 9.17) is 21.3 Å². The standard InChI is InChI=1S/C26H29ClN6O5/c1-5-28-26(37)38-22-16-10-33(11-17(16)22)25-31-20-14(8-12(2)9-15(20)23(34)32(25)4)13(3)29-18-6-7-19(27)30-21(18)24(35)36/h6-9,13,16-17,22,29H,5,10-11H2,1-4H3,(H,28,37)(H,35,36). The van der Waals surface area contributed by atoms with Gasteiger partial charge in [-0.1, -0.05) is 17.7 Å². The molecule has 38 heavy (non-hydrogen) atoms. The lowest BCUT2D eigenvalue weighted by Crippen LogP contribution is -2.34. The van der Waals surface area contributed by atoms with Crippen LogP contribution in [0.15, 0.2) is 29.1 Å². The fraction of sp³-hybridized carbons (Fsp3) is 0.423. The van der Waals surface area contributed by atoms with Crippen LogP contribution in [0.1, 0.15) is 41.5 Å². The van der Waals surface area contributed by atoms with E-state index in [0.717, 1.165) is 11.1 Å². The predicted molar refractivity (Wildman–Crippen MR) is 143 cm³/mol. The third-order valence-corrected chi connectivity index (χ3v) is 7.41. The maximum absolute atomic E-state index is 13.4. The van der Waals surface area contributed by atoms with Crippen LogP contribution < -0.4 is 21.1 Å². The van der Waals surface area contributed by atoms with Crippen LogP contribution in [0.5, 0.6) is 0 Å². The van der Waals surface area contributed by atoms with E-state index in [9.17, 15) is 19.5 Å². The van der Waals surface area contributed by atoms with Gasteiger partial charge in [0.2, 0.25) is 5.95 Å². The van der Waals surface area contributed by atoms with Gasteiger partial charge in [0, 0.05) is 44.1 Å². The van der Waals surface area contributed by atoms with Gasteiger partial charge in [0.1, 0.15) is 11.3 Å². The maximum atomic E-state index is 13.4. The van der Waals surface area contributed by atoms with Crippen LogP contribution in [-0.2, 0) is 11.8 Å². The van der Waals surface area contributed by atoms with Gasteiger partial charge in [-0.05, 0) is 44.5 Å². The number of benzene rings is 1. The Morgan fingerprint density at radius 1 is 1.24 bits per heavy atom. The molecule has 0 spiro atoms. The molecule has 1 saturated heterocycles. The molecule has 1 saturated carbocycles. The number of carbonyl (C=O) groups is 2. The molecule has 11 nitrogen and oxygen atoms in total. The predicted octanol–water partition coefficient (Wildman–Crippen LogP) is 3.34. The first-order valence-corrected chi connectivity index (χ1v) is 12.8. The lowest BCUT2D eigenvalue weighted by atomic mass is 10.0. The Morgan fingerprint density at radius 2 is 1.95 bits per heavy atom. The van der Waals surface area contributed by atoms with Crippen molar-refractivity contribution < 1.29 is 19.4 Å². The van der Waals surface area contributed by atoms with Crippen molar-refractivity contribution in [1.82, 2.24) is 19.9 Å². The number of nitrogens with zero attached hydrogens (tertiary/aromatic N) is 4. The minimum atomic E-state index is -1.20. The molecular weight excluding hydrogens is 512 g/mol. The van der Waals surface area contributed by atoms with Crippen LogP contribution in [0.3, 0.4) is 0 Å². The number of pyridine rings is 1. The SMILES string of the molecule is CCNC(=O)OC1C2CN(c3nc4c(C(C)Nc5ccc(Cl)nc5C(=O)O)cc(C)cc4c(=O)n3C)CC21. The summed E-state index contributed by atoms with van der Waals surface area (Å²) in [6.45, 7) is 7.39. The normalized spacial score (nSPS) is 20.7. The highest BCUT2D eigenvalue weighted by molar-refractivity contribution is 6.29. The summed E-state index contributed by atoms with van der Waals surface area (Å²) >= 11 is 5.90. The zero-order valence-electron chi connectivity index (χ0n) is 21.5. The number of piperidine rings is 1. The van der Waals surface area contributed by atoms with Gasteiger partial charge in [-0.2, -0.15) is 0 Å². The summed E-state index contributed by atoms with van der Waals surface area (Å²) in [5, 5.41) is 16.0. The van der Waals surface area contributed by atoms with Crippen molar-refractivity contribution in [3.63, 3.8) is 0 Å². The van der Waals surface area contributed by atoms with E-state index < -0.39 is 18.1 Å². The first kappa shape index (κ1) is 25.8. The van der Waals surface area contributed by atoms with E-state index in [1.807, 2.05) is 32.9 Å². The number of hydrogen-bond acceptors (Lipinski definition) is 8. The number of aromatic carboxylic acids is 1. The number of carbonyl (C=O) groups excluding carboxylic acids is 1. The molecule has 3 atom stereocenters. The van der Waals surface area contributed by atoms with Crippen molar-refractivity contribution in [2.24, 2.45) is 18.9 Å². The topological polar surface area (TPSA) is 139 Å². The van der Waals surface area contributed by atoms with Crippen molar-refractivity contribution in [2.45, 2.75) is 32.9 Å². The molecule has 2 aliphatic rings. The summed E-state index contributed by atoms with van der Waals surface area (Å²) in [6, 6.07) is 6.45. The van der Waals surface area contributed by atoms with Crippen LogP contribution in [0.25, 0.3) is 10.9 Å². The Morgan fingerprint density at radius 3 is 2.61 bits per heavy atom. The van der Waals surface area contributed by atoms with Crippen LogP contribution in [0.2, 0.25) is 5.15 Å². The Hall–Kier alpha value is -3.86. The van der Waals surface area contributed by atoms with Crippen LogP contribution in [0.4, 0.5) is 16.4 Å². The van der Waals surface area contributed by atoms with Crippen molar-refractivity contribution in [3.05, 3.63) is 56.6 Å². The Bertz CT molecular complexity index is 1500. The summed E-state index contributed by atoms with van der Waals surface area (Å²) in [5.41, 5.74) is 2.14.